The van der Waals surface area contributed by atoms with E-state index in [1.807, 2.05) is 30.1 Å². The van der Waals surface area contributed by atoms with E-state index in [-0.39, 0.29) is 0 Å². The topological polar surface area (TPSA) is 12.9 Å². The number of rotatable bonds is 6. The van der Waals surface area contributed by atoms with Gasteiger partial charge in [-0.25, -0.2) is 4.98 Å². The molecule has 0 unspecified atom stereocenters. The molecule has 1 rings (SSSR count). The molecule has 2 heteroatoms. The van der Waals surface area contributed by atoms with Crippen LogP contribution in [0.2, 0.25) is 0 Å². The number of unbranched alkanes of at least 4 members (excludes halogenated alkanes) is 1. The lowest BCUT2D eigenvalue weighted by molar-refractivity contribution is 0.893. The number of hydrogen-bond acceptors (Lipinski definition) is 2. The maximum atomic E-state index is 4.38. The minimum atomic E-state index is 0.919. The van der Waals surface area contributed by atoms with Crippen molar-refractivity contribution in [2.75, 3.05) is 5.75 Å². The zero-order chi connectivity index (χ0) is 10.2. The fourth-order valence-corrected chi connectivity index (χ4v) is 2.28. The van der Waals surface area contributed by atoms with Crippen LogP contribution in [0.5, 0.6) is 0 Å². The first-order valence-electron chi connectivity index (χ1n) is 5.06. The Labute approximate surface area is 90.6 Å². The number of nitrogens with zero attached hydrogens (tertiary/aromatic N) is 1. The summed E-state index contributed by atoms with van der Waals surface area (Å²) < 4.78 is 0. The SMILES string of the molecule is C=CCc1cccnc1SCCCC. The summed E-state index contributed by atoms with van der Waals surface area (Å²) in [6, 6.07) is 4.12. The monoisotopic (exact) mass is 207 g/mol. The van der Waals surface area contributed by atoms with Gasteiger partial charge in [-0.05, 0) is 30.2 Å². The summed E-state index contributed by atoms with van der Waals surface area (Å²) >= 11 is 1.85. The summed E-state index contributed by atoms with van der Waals surface area (Å²) in [6.45, 7) is 5.97. The van der Waals surface area contributed by atoms with E-state index in [4.69, 9.17) is 0 Å². The first-order valence-corrected chi connectivity index (χ1v) is 6.04. The lowest BCUT2D eigenvalue weighted by Crippen LogP contribution is -1.90. The third-order valence-electron chi connectivity index (χ3n) is 1.95. The Morgan fingerprint density at radius 2 is 2.43 bits per heavy atom. The predicted octanol–water partition coefficient (Wildman–Crippen LogP) is 3.70. The van der Waals surface area contributed by atoms with Crippen LogP contribution in [0.3, 0.4) is 0 Å². The van der Waals surface area contributed by atoms with Crippen LogP contribution in [-0.4, -0.2) is 10.7 Å². The van der Waals surface area contributed by atoms with Crippen LogP contribution in [-0.2, 0) is 6.42 Å². The van der Waals surface area contributed by atoms with Crippen molar-refractivity contribution in [3.8, 4) is 0 Å². The molecule has 0 fully saturated rings. The fraction of sp³-hybridized carbons (Fsp3) is 0.417. The molecule has 0 N–H and O–H groups in total. The van der Waals surface area contributed by atoms with Crippen LogP contribution in [0.4, 0.5) is 0 Å². The molecule has 0 spiro atoms. The molecule has 0 saturated heterocycles. The number of pyridine rings is 1. The van der Waals surface area contributed by atoms with E-state index in [0.29, 0.717) is 0 Å². The van der Waals surface area contributed by atoms with Crippen molar-refractivity contribution in [2.24, 2.45) is 0 Å². The summed E-state index contributed by atoms with van der Waals surface area (Å²) in [5.41, 5.74) is 1.30. The molecular weight excluding hydrogens is 190 g/mol. The molecule has 0 saturated carbocycles. The fourth-order valence-electron chi connectivity index (χ4n) is 1.18. The summed E-state index contributed by atoms with van der Waals surface area (Å²) in [7, 11) is 0. The largest absolute Gasteiger partial charge is 0.250 e. The Bertz CT molecular complexity index is 283. The average Bonchev–Trinajstić information content (AvgIpc) is 2.21. The molecule has 0 amide bonds. The quantitative estimate of drug-likeness (QED) is 0.401. The third-order valence-corrected chi connectivity index (χ3v) is 3.08. The maximum Gasteiger partial charge on any atom is 0.0994 e. The van der Waals surface area contributed by atoms with Gasteiger partial charge in [0.2, 0.25) is 0 Å². The van der Waals surface area contributed by atoms with E-state index in [9.17, 15) is 0 Å². The number of hydrogen-bond donors (Lipinski definition) is 0. The van der Waals surface area contributed by atoms with Crippen LogP contribution in [0, 0.1) is 0 Å². The summed E-state index contributed by atoms with van der Waals surface area (Å²) in [5, 5.41) is 1.17. The second-order valence-corrected chi connectivity index (χ2v) is 4.25. The zero-order valence-electron chi connectivity index (χ0n) is 8.70. The van der Waals surface area contributed by atoms with Gasteiger partial charge in [0, 0.05) is 6.20 Å². The van der Waals surface area contributed by atoms with Crippen LogP contribution in [0.25, 0.3) is 0 Å². The van der Waals surface area contributed by atoms with Gasteiger partial charge in [-0.1, -0.05) is 25.5 Å². The second kappa shape index (κ2) is 6.66. The Balaban J connectivity index is 2.59. The first kappa shape index (κ1) is 11.3. The van der Waals surface area contributed by atoms with Crippen LogP contribution >= 0.6 is 11.8 Å². The molecule has 0 aromatic carbocycles. The van der Waals surface area contributed by atoms with Crippen molar-refractivity contribution in [3.63, 3.8) is 0 Å². The van der Waals surface area contributed by atoms with Gasteiger partial charge in [0.1, 0.15) is 0 Å². The van der Waals surface area contributed by atoms with Crippen molar-refractivity contribution in [3.05, 3.63) is 36.5 Å². The van der Waals surface area contributed by atoms with Crippen LogP contribution in [0.1, 0.15) is 25.3 Å². The lowest BCUT2D eigenvalue weighted by Gasteiger charge is -2.04. The Hall–Kier alpha value is -0.760. The summed E-state index contributed by atoms with van der Waals surface area (Å²) in [4.78, 5) is 4.38. The molecule has 0 aliphatic rings. The highest BCUT2D eigenvalue weighted by molar-refractivity contribution is 7.99. The minimum Gasteiger partial charge on any atom is -0.250 e. The molecular formula is C12H17NS. The molecule has 1 nitrogen and oxygen atoms in total. The Kier molecular flexibility index (Phi) is 5.38. The van der Waals surface area contributed by atoms with Crippen molar-refractivity contribution in [1.29, 1.82) is 0 Å². The van der Waals surface area contributed by atoms with Crippen molar-refractivity contribution < 1.29 is 0 Å². The van der Waals surface area contributed by atoms with Crippen LogP contribution in [0.15, 0.2) is 36.0 Å². The van der Waals surface area contributed by atoms with Gasteiger partial charge in [0.15, 0.2) is 0 Å². The molecule has 0 bridgehead atoms. The smallest absolute Gasteiger partial charge is 0.0994 e. The molecule has 1 aromatic heterocycles. The van der Waals surface area contributed by atoms with Crippen molar-refractivity contribution in [1.82, 2.24) is 4.98 Å². The highest BCUT2D eigenvalue weighted by Gasteiger charge is 2.01. The Morgan fingerprint density at radius 3 is 3.14 bits per heavy atom. The van der Waals surface area contributed by atoms with Crippen LogP contribution < -0.4 is 0 Å². The normalized spacial score (nSPS) is 10.1. The molecule has 0 aliphatic carbocycles. The van der Waals surface area contributed by atoms with Gasteiger partial charge in [-0.15, -0.1) is 18.3 Å². The zero-order valence-corrected chi connectivity index (χ0v) is 9.52. The molecule has 0 aliphatic heterocycles. The molecule has 0 radical (unpaired) electrons. The van der Waals surface area contributed by atoms with E-state index in [2.05, 4.69) is 24.6 Å². The summed E-state index contributed by atoms with van der Waals surface area (Å²) in [6.07, 6.45) is 7.22. The molecule has 1 heterocycles. The van der Waals surface area contributed by atoms with Crippen molar-refractivity contribution >= 4 is 11.8 Å². The van der Waals surface area contributed by atoms with Gasteiger partial charge in [-0.2, -0.15) is 0 Å². The third kappa shape index (κ3) is 3.54. The molecule has 76 valence electrons. The van der Waals surface area contributed by atoms with E-state index in [0.717, 1.165) is 12.2 Å². The summed E-state index contributed by atoms with van der Waals surface area (Å²) in [5.74, 6) is 1.16. The van der Waals surface area contributed by atoms with Gasteiger partial charge < -0.3 is 0 Å². The maximum absolute atomic E-state index is 4.38. The number of allylic oxidation sites excluding steroid dienone is 1. The van der Waals surface area contributed by atoms with Gasteiger partial charge >= 0.3 is 0 Å². The van der Waals surface area contributed by atoms with E-state index in [1.54, 1.807) is 0 Å². The lowest BCUT2D eigenvalue weighted by atomic mass is 10.2. The predicted molar refractivity (Wildman–Crippen MR) is 63.8 cm³/mol. The standard InChI is InChI=1S/C12H17NS/c1-3-5-10-14-12-11(7-4-2)8-6-9-13-12/h4,6,8-9H,2-3,5,7,10H2,1H3. The molecule has 14 heavy (non-hydrogen) atoms. The van der Waals surface area contributed by atoms with Gasteiger partial charge in [0.05, 0.1) is 5.03 Å². The Morgan fingerprint density at radius 1 is 1.57 bits per heavy atom. The van der Waals surface area contributed by atoms with E-state index < -0.39 is 0 Å². The molecule has 0 atom stereocenters. The highest BCUT2D eigenvalue weighted by Crippen LogP contribution is 2.21. The first-order chi connectivity index (χ1) is 6.88. The van der Waals surface area contributed by atoms with Gasteiger partial charge in [-0.3, -0.25) is 0 Å². The molecule has 1 aromatic rings. The average molecular weight is 207 g/mol. The van der Waals surface area contributed by atoms with Crippen molar-refractivity contribution in [2.45, 2.75) is 31.2 Å². The second-order valence-electron chi connectivity index (χ2n) is 3.16. The minimum absolute atomic E-state index is 0.919. The van der Waals surface area contributed by atoms with E-state index in [1.165, 1.54) is 23.4 Å². The highest BCUT2D eigenvalue weighted by atomic mass is 32.2. The van der Waals surface area contributed by atoms with E-state index >= 15 is 0 Å². The number of thioether (sulfide) groups is 1. The number of aromatic nitrogens is 1. The van der Waals surface area contributed by atoms with Gasteiger partial charge in [0.25, 0.3) is 0 Å².